The number of carboxylic acids is 1. The van der Waals surface area contributed by atoms with Gasteiger partial charge in [-0.25, -0.2) is 8.78 Å². The SMILES string of the molecule is CCOc1ccc(C(c2ccc(F)cc2F)N2CCCCC2C(=O)O)cc1OC. The van der Waals surface area contributed by atoms with Crippen molar-refractivity contribution in [3.63, 3.8) is 0 Å². The summed E-state index contributed by atoms with van der Waals surface area (Å²) in [6.45, 7) is 2.81. The molecule has 1 fully saturated rings. The van der Waals surface area contributed by atoms with Crippen LogP contribution in [-0.2, 0) is 4.79 Å². The Hall–Kier alpha value is -2.67. The van der Waals surface area contributed by atoms with Gasteiger partial charge in [0.1, 0.15) is 17.7 Å². The van der Waals surface area contributed by atoms with Gasteiger partial charge in [0.15, 0.2) is 11.5 Å². The van der Waals surface area contributed by atoms with Crippen LogP contribution in [0.3, 0.4) is 0 Å². The Morgan fingerprint density at radius 2 is 2.00 bits per heavy atom. The second-order valence-electron chi connectivity index (χ2n) is 7.00. The number of halogens is 2. The first-order valence-electron chi connectivity index (χ1n) is 9.70. The highest BCUT2D eigenvalue weighted by Crippen LogP contribution is 2.39. The van der Waals surface area contributed by atoms with Crippen LogP contribution in [0.4, 0.5) is 8.78 Å². The molecular weight excluding hydrogens is 380 g/mol. The quantitative estimate of drug-likeness (QED) is 0.740. The third-order valence-corrected chi connectivity index (χ3v) is 5.22. The second kappa shape index (κ2) is 9.22. The van der Waals surface area contributed by atoms with Crippen LogP contribution < -0.4 is 9.47 Å². The summed E-state index contributed by atoms with van der Waals surface area (Å²) in [6.07, 6.45) is 2.07. The first-order valence-corrected chi connectivity index (χ1v) is 9.70. The van der Waals surface area contributed by atoms with Crippen LogP contribution in [0.5, 0.6) is 11.5 Å². The van der Waals surface area contributed by atoms with Gasteiger partial charge < -0.3 is 14.6 Å². The van der Waals surface area contributed by atoms with E-state index < -0.39 is 29.7 Å². The van der Waals surface area contributed by atoms with E-state index in [4.69, 9.17) is 9.47 Å². The van der Waals surface area contributed by atoms with Gasteiger partial charge in [-0.3, -0.25) is 9.69 Å². The van der Waals surface area contributed by atoms with Crippen molar-refractivity contribution in [1.82, 2.24) is 4.90 Å². The summed E-state index contributed by atoms with van der Waals surface area (Å²) in [5.74, 6) is -1.32. The van der Waals surface area contributed by atoms with Crippen molar-refractivity contribution < 1.29 is 28.2 Å². The topological polar surface area (TPSA) is 59.0 Å². The monoisotopic (exact) mass is 405 g/mol. The van der Waals surface area contributed by atoms with Gasteiger partial charge >= 0.3 is 5.97 Å². The lowest BCUT2D eigenvalue weighted by Gasteiger charge is -2.39. The van der Waals surface area contributed by atoms with Crippen LogP contribution >= 0.6 is 0 Å². The third kappa shape index (κ3) is 4.50. The standard InChI is InChI=1S/C22H25F2NO4/c1-3-29-19-10-7-14(12-20(19)28-2)21(16-9-8-15(23)13-17(16)24)25-11-5-4-6-18(25)22(26)27/h7-10,12-13,18,21H,3-6,11H2,1-2H3,(H,26,27). The molecular formula is C22H25F2NO4. The van der Waals surface area contributed by atoms with Crippen molar-refractivity contribution in [2.24, 2.45) is 0 Å². The van der Waals surface area contributed by atoms with Crippen LogP contribution in [0, 0.1) is 11.6 Å². The van der Waals surface area contributed by atoms with E-state index >= 15 is 0 Å². The molecule has 1 aliphatic rings. The van der Waals surface area contributed by atoms with Gasteiger partial charge in [-0.2, -0.15) is 0 Å². The highest BCUT2D eigenvalue weighted by molar-refractivity contribution is 5.73. The van der Waals surface area contributed by atoms with Crippen LogP contribution in [0.2, 0.25) is 0 Å². The van der Waals surface area contributed by atoms with Gasteiger partial charge in [0.2, 0.25) is 0 Å². The number of nitrogens with zero attached hydrogens (tertiary/aromatic N) is 1. The van der Waals surface area contributed by atoms with E-state index in [-0.39, 0.29) is 5.56 Å². The molecule has 1 N–H and O–H groups in total. The molecule has 2 unspecified atom stereocenters. The Morgan fingerprint density at radius 1 is 1.21 bits per heavy atom. The zero-order valence-electron chi connectivity index (χ0n) is 16.5. The minimum atomic E-state index is -0.949. The first-order chi connectivity index (χ1) is 14.0. The molecule has 29 heavy (non-hydrogen) atoms. The predicted molar refractivity (Wildman–Crippen MR) is 104 cm³/mol. The molecule has 0 bridgehead atoms. The molecule has 2 aromatic carbocycles. The molecule has 1 aliphatic heterocycles. The number of carbonyl (C=O) groups is 1. The smallest absolute Gasteiger partial charge is 0.320 e. The average molecular weight is 405 g/mol. The minimum Gasteiger partial charge on any atom is -0.493 e. The predicted octanol–water partition coefficient (Wildman–Crippen LogP) is 4.40. The molecule has 5 nitrogen and oxygen atoms in total. The number of ether oxygens (including phenoxy) is 2. The van der Waals surface area contributed by atoms with Crippen molar-refractivity contribution in [3.05, 3.63) is 59.2 Å². The fourth-order valence-electron chi connectivity index (χ4n) is 3.93. The van der Waals surface area contributed by atoms with E-state index in [1.165, 1.54) is 19.2 Å². The maximum Gasteiger partial charge on any atom is 0.320 e. The van der Waals surface area contributed by atoms with Crippen LogP contribution in [0.15, 0.2) is 36.4 Å². The Balaban J connectivity index is 2.13. The largest absolute Gasteiger partial charge is 0.493 e. The van der Waals surface area contributed by atoms with Gasteiger partial charge in [0.25, 0.3) is 0 Å². The molecule has 0 radical (unpaired) electrons. The van der Waals surface area contributed by atoms with Crippen molar-refractivity contribution in [3.8, 4) is 11.5 Å². The summed E-state index contributed by atoms with van der Waals surface area (Å²) >= 11 is 0. The number of hydrogen-bond donors (Lipinski definition) is 1. The molecule has 1 heterocycles. The van der Waals surface area contributed by atoms with Crippen molar-refractivity contribution in [2.75, 3.05) is 20.3 Å². The molecule has 1 saturated heterocycles. The Bertz CT molecular complexity index is 874. The molecule has 0 aromatic heterocycles. The van der Waals surface area contributed by atoms with Crippen molar-refractivity contribution in [2.45, 2.75) is 38.3 Å². The summed E-state index contributed by atoms with van der Waals surface area (Å²) in [6, 6.07) is 7.18. The number of aliphatic carboxylic acids is 1. The van der Waals surface area contributed by atoms with Gasteiger partial charge in [0.05, 0.1) is 19.8 Å². The number of likely N-dealkylation sites (tertiary alicyclic amines) is 1. The summed E-state index contributed by atoms with van der Waals surface area (Å²) in [5, 5.41) is 9.74. The van der Waals surface area contributed by atoms with Gasteiger partial charge in [-0.15, -0.1) is 0 Å². The van der Waals surface area contributed by atoms with E-state index in [1.54, 1.807) is 23.1 Å². The van der Waals surface area contributed by atoms with E-state index in [2.05, 4.69) is 0 Å². The molecule has 156 valence electrons. The number of hydrogen-bond acceptors (Lipinski definition) is 4. The number of benzene rings is 2. The zero-order chi connectivity index (χ0) is 21.0. The average Bonchev–Trinajstić information content (AvgIpc) is 2.71. The number of rotatable bonds is 7. The third-order valence-electron chi connectivity index (χ3n) is 5.22. The Morgan fingerprint density at radius 3 is 2.66 bits per heavy atom. The van der Waals surface area contributed by atoms with Gasteiger partial charge in [0, 0.05) is 11.6 Å². The van der Waals surface area contributed by atoms with Crippen LogP contribution in [0.1, 0.15) is 43.4 Å². The summed E-state index contributed by atoms with van der Waals surface area (Å²) in [4.78, 5) is 13.7. The summed E-state index contributed by atoms with van der Waals surface area (Å²) in [5.41, 5.74) is 0.884. The Labute approximate surface area is 168 Å². The maximum atomic E-state index is 14.8. The molecule has 7 heteroatoms. The normalized spacial score (nSPS) is 18.3. The van der Waals surface area contributed by atoms with Crippen LogP contribution in [-0.4, -0.2) is 42.3 Å². The van der Waals surface area contributed by atoms with E-state index in [0.717, 1.165) is 18.9 Å². The van der Waals surface area contributed by atoms with E-state index in [9.17, 15) is 18.7 Å². The van der Waals surface area contributed by atoms with E-state index in [0.29, 0.717) is 36.6 Å². The molecule has 2 atom stereocenters. The van der Waals surface area contributed by atoms with E-state index in [1.807, 2.05) is 6.92 Å². The van der Waals surface area contributed by atoms with Crippen molar-refractivity contribution >= 4 is 5.97 Å². The van der Waals surface area contributed by atoms with Crippen molar-refractivity contribution in [1.29, 1.82) is 0 Å². The lowest BCUT2D eigenvalue weighted by atomic mass is 9.91. The molecule has 0 spiro atoms. The maximum absolute atomic E-state index is 14.8. The fraction of sp³-hybridized carbons (Fsp3) is 0.409. The summed E-state index contributed by atoms with van der Waals surface area (Å²) < 4.78 is 39.3. The number of carboxylic acid groups (broad SMARTS) is 1. The van der Waals surface area contributed by atoms with Gasteiger partial charge in [-0.05, 0) is 50.1 Å². The molecule has 0 saturated carbocycles. The number of methoxy groups -OCH3 is 1. The Kier molecular flexibility index (Phi) is 6.69. The first kappa shape index (κ1) is 21.0. The zero-order valence-corrected chi connectivity index (χ0v) is 16.5. The molecule has 2 aromatic rings. The highest BCUT2D eigenvalue weighted by Gasteiger charge is 2.36. The summed E-state index contributed by atoms with van der Waals surface area (Å²) in [7, 11) is 1.51. The second-order valence-corrected chi connectivity index (χ2v) is 7.00. The molecule has 0 aliphatic carbocycles. The van der Waals surface area contributed by atoms with Crippen LogP contribution in [0.25, 0.3) is 0 Å². The lowest BCUT2D eigenvalue weighted by Crippen LogP contribution is -2.47. The lowest BCUT2D eigenvalue weighted by molar-refractivity contribution is -0.145. The fourth-order valence-corrected chi connectivity index (χ4v) is 3.93. The highest BCUT2D eigenvalue weighted by atomic mass is 19.1. The number of piperidine rings is 1. The molecule has 0 amide bonds. The minimum absolute atomic E-state index is 0.228. The van der Waals surface area contributed by atoms with Gasteiger partial charge in [-0.1, -0.05) is 18.6 Å². The molecule has 3 rings (SSSR count).